The van der Waals surface area contributed by atoms with Crippen molar-refractivity contribution in [2.75, 3.05) is 7.11 Å². The lowest BCUT2D eigenvalue weighted by atomic mass is 10.2. The quantitative estimate of drug-likeness (QED) is 0.743. The van der Waals surface area contributed by atoms with E-state index < -0.39 is 11.7 Å². The maximum Gasteiger partial charge on any atom is 0.290 e. The molecule has 0 saturated heterocycles. The van der Waals surface area contributed by atoms with Gasteiger partial charge in [-0.3, -0.25) is 4.79 Å². The van der Waals surface area contributed by atoms with Gasteiger partial charge in [-0.05, 0) is 12.1 Å². The molecule has 82 valence electrons. The molecule has 0 spiro atoms. The highest BCUT2D eigenvalue weighted by molar-refractivity contribution is 5.82. The summed E-state index contributed by atoms with van der Waals surface area (Å²) in [5.41, 5.74) is 5.25. The number of methoxy groups -OCH3 is 1. The van der Waals surface area contributed by atoms with Crippen LogP contribution < -0.4 is 10.5 Å². The number of ether oxygens (including phenoxy) is 2. The highest BCUT2D eigenvalue weighted by Gasteiger charge is 2.37. The lowest BCUT2D eigenvalue weighted by molar-refractivity contribution is -0.183. The first-order valence-electron chi connectivity index (χ1n) is 4.73. The minimum atomic E-state index is -1.37. The Hall–Kier alpha value is -1.55. The molecule has 1 rings (SSSR count). The largest absolute Gasteiger partial charge is 0.453 e. The maximum absolute atomic E-state index is 11.3. The van der Waals surface area contributed by atoms with Gasteiger partial charge in [-0.15, -0.1) is 0 Å². The van der Waals surface area contributed by atoms with E-state index in [0.717, 1.165) is 0 Å². The monoisotopic (exact) mass is 209 g/mol. The van der Waals surface area contributed by atoms with Gasteiger partial charge in [0.2, 0.25) is 0 Å². The van der Waals surface area contributed by atoms with Crippen LogP contribution in [0.25, 0.3) is 0 Å². The van der Waals surface area contributed by atoms with Gasteiger partial charge in [0.05, 0.1) is 0 Å². The number of hydrogen-bond donors (Lipinski definition) is 1. The minimum absolute atomic E-state index is 0.355. The number of nitrogens with two attached hydrogens (primary N) is 1. The second kappa shape index (κ2) is 4.79. The van der Waals surface area contributed by atoms with E-state index in [0.29, 0.717) is 12.2 Å². The van der Waals surface area contributed by atoms with Crippen LogP contribution in [0.5, 0.6) is 5.75 Å². The fourth-order valence-electron chi connectivity index (χ4n) is 1.26. The number of carbonyl (C=O) groups excluding carboxylic acids is 1. The zero-order valence-corrected chi connectivity index (χ0v) is 8.90. The van der Waals surface area contributed by atoms with E-state index in [4.69, 9.17) is 15.2 Å². The van der Waals surface area contributed by atoms with Crippen LogP contribution in [0.1, 0.15) is 13.3 Å². The normalized spacial score (nSPS) is 14.3. The lowest BCUT2D eigenvalue weighted by Gasteiger charge is -2.28. The Morgan fingerprint density at radius 3 is 2.40 bits per heavy atom. The first-order valence-corrected chi connectivity index (χ1v) is 4.73. The summed E-state index contributed by atoms with van der Waals surface area (Å²) in [7, 11) is 1.40. The van der Waals surface area contributed by atoms with Crippen molar-refractivity contribution in [3.63, 3.8) is 0 Å². The molecule has 0 aliphatic rings. The summed E-state index contributed by atoms with van der Waals surface area (Å²) in [6, 6.07) is 8.97. The number of hydrogen-bond acceptors (Lipinski definition) is 3. The Bertz CT molecular complexity index is 320. The van der Waals surface area contributed by atoms with Crippen molar-refractivity contribution in [2.24, 2.45) is 5.73 Å². The molecule has 0 aliphatic carbocycles. The Balaban J connectivity index is 2.89. The van der Waals surface area contributed by atoms with Gasteiger partial charge in [-0.2, -0.15) is 0 Å². The van der Waals surface area contributed by atoms with Crippen molar-refractivity contribution in [1.29, 1.82) is 0 Å². The van der Waals surface area contributed by atoms with Crippen LogP contribution in [-0.4, -0.2) is 18.8 Å². The molecule has 0 fully saturated rings. The highest BCUT2D eigenvalue weighted by atomic mass is 16.7. The van der Waals surface area contributed by atoms with Crippen LogP contribution in [0.2, 0.25) is 0 Å². The number of carbonyl (C=O) groups is 1. The third-order valence-electron chi connectivity index (χ3n) is 2.20. The van der Waals surface area contributed by atoms with Crippen LogP contribution in [0.3, 0.4) is 0 Å². The fourth-order valence-corrected chi connectivity index (χ4v) is 1.26. The van der Waals surface area contributed by atoms with Crippen molar-refractivity contribution >= 4 is 5.91 Å². The summed E-state index contributed by atoms with van der Waals surface area (Å²) in [5, 5.41) is 0. The van der Waals surface area contributed by atoms with E-state index in [1.54, 1.807) is 19.1 Å². The zero-order valence-electron chi connectivity index (χ0n) is 8.90. The van der Waals surface area contributed by atoms with E-state index in [-0.39, 0.29) is 0 Å². The van der Waals surface area contributed by atoms with Crippen molar-refractivity contribution < 1.29 is 14.3 Å². The van der Waals surface area contributed by atoms with Crippen molar-refractivity contribution in [2.45, 2.75) is 19.1 Å². The van der Waals surface area contributed by atoms with Gasteiger partial charge in [-0.25, -0.2) is 0 Å². The van der Waals surface area contributed by atoms with Crippen LogP contribution in [0.4, 0.5) is 0 Å². The van der Waals surface area contributed by atoms with Crippen molar-refractivity contribution in [3.05, 3.63) is 30.3 Å². The van der Waals surface area contributed by atoms with Gasteiger partial charge in [-0.1, -0.05) is 25.1 Å². The SMILES string of the molecule is CCC(OC)(Oc1ccccc1)C(N)=O. The topological polar surface area (TPSA) is 61.6 Å². The van der Waals surface area contributed by atoms with E-state index in [9.17, 15) is 4.79 Å². The Labute approximate surface area is 89.0 Å². The van der Waals surface area contributed by atoms with Gasteiger partial charge in [0.15, 0.2) is 0 Å². The Kier molecular flexibility index (Phi) is 3.68. The zero-order chi connectivity index (χ0) is 11.3. The predicted molar refractivity (Wildman–Crippen MR) is 56.3 cm³/mol. The molecule has 0 aliphatic heterocycles. The molecule has 0 bridgehead atoms. The van der Waals surface area contributed by atoms with Crippen LogP contribution in [0, 0.1) is 0 Å². The Morgan fingerprint density at radius 1 is 1.40 bits per heavy atom. The first-order chi connectivity index (χ1) is 7.14. The van der Waals surface area contributed by atoms with Crippen LogP contribution in [0.15, 0.2) is 30.3 Å². The summed E-state index contributed by atoms with van der Waals surface area (Å²) in [6.45, 7) is 1.78. The summed E-state index contributed by atoms with van der Waals surface area (Å²) in [4.78, 5) is 11.3. The van der Waals surface area contributed by atoms with Crippen LogP contribution >= 0.6 is 0 Å². The molecule has 0 heterocycles. The highest BCUT2D eigenvalue weighted by Crippen LogP contribution is 2.21. The van der Waals surface area contributed by atoms with Crippen molar-refractivity contribution in [1.82, 2.24) is 0 Å². The van der Waals surface area contributed by atoms with E-state index >= 15 is 0 Å². The molecule has 1 amide bonds. The van der Waals surface area contributed by atoms with Gasteiger partial charge in [0.25, 0.3) is 11.7 Å². The Morgan fingerprint density at radius 2 is 2.00 bits per heavy atom. The summed E-state index contributed by atoms with van der Waals surface area (Å²) in [6.07, 6.45) is 0.355. The molecule has 1 unspecified atom stereocenters. The van der Waals surface area contributed by atoms with Crippen LogP contribution in [-0.2, 0) is 9.53 Å². The molecule has 0 saturated carbocycles. The molecule has 4 nitrogen and oxygen atoms in total. The average Bonchev–Trinajstić information content (AvgIpc) is 2.27. The molecular formula is C11H15NO3. The maximum atomic E-state index is 11.3. The summed E-state index contributed by atoms with van der Waals surface area (Å²) < 4.78 is 10.5. The van der Waals surface area contributed by atoms with Gasteiger partial charge in [0.1, 0.15) is 5.75 Å². The molecule has 1 aromatic carbocycles. The summed E-state index contributed by atoms with van der Waals surface area (Å²) >= 11 is 0. The number of primary amides is 1. The number of amides is 1. The second-order valence-corrected chi connectivity index (χ2v) is 3.09. The molecule has 2 N–H and O–H groups in total. The molecule has 0 radical (unpaired) electrons. The molecule has 1 aromatic rings. The average molecular weight is 209 g/mol. The molecule has 15 heavy (non-hydrogen) atoms. The lowest BCUT2D eigenvalue weighted by Crippen LogP contribution is -2.50. The molecule has 0 aromatic heterocycles. The number of rotatable bonds is 5. The first kappa shape index (κ1) is 11.5. The van der Waals surface area contributed by atoms with Gasteiger partial charge < -0.3 is 15.2 Å². The third kappa shape index (κ3) is 2.47. The predicted octanol–water partition coefficient (Wildman–Crippen LogP) is 1.30. The summed E-state index contributed by atoms with van der Waals surface area (Å²) in [5.74, 6) is -1.45. The number of para-hydroxylation sites is 1. The van der Waals surface area contributed by atoms with E-state index in [1.165, 1.54) is 7.11 Å². The van der Waals surface area contributed by atoms with Gasteiger partial charge >= 0.3 is 0 Å². The van der Waals surface area contributed by atoms with Gasteiger partial charge in [0, 0.05) is 13.5 Å². The molecule has 1 atom stereocenters. The van der Waals surface area contributed by atoms with E-state index in [1.807, 2.05) is 18.2 Å². The van der Waals surface area contributed by atoms with E-state index in [2.05, 4.69) is 0 Å². The molecule has 4 heteroatoms. The van der Waals surface area contributed by atoms with Crippen molar-refractivity contribution in [3.8, 4) is 5.75 Å². The standard InChI is InChI=1S/C11H15NO3/c1-3-11(14-2,10(12)13)15-9-7-5-4-6-8-9/h4-8H,3H2,1-2H3,(H2,12,13). The second-order valence-electron chi connectivity index (χ2n) is 3.09. The fraction of sp³-hybridized carbons (Fsp3) is 0.364. The minimum Gasteiger partial charge on any atom is -0.453 e. The smallest absolute Gasteiger partial charge is 0.290 e. The third-order valence-corrected chi connectivity index (χ3v) is 2.20. The number of benzene rings is 1. The molecular weight excluding hydrogens is 194 g/mol.